The Morgan fingerprint density at radius 2 is 2.07 bits per heavy atom. The van der Waals surface area contributed by atoms with Crippen LogP contribution in [0.25, 0.3) is 0 Å². The first-order valence-electron chi connectivity index (χ1n) is 5.98. The molecule has 0 aliphatic carbocycles. The van der Waals surface area contributed by atoms with Crippen LogP contribution in [0.3, 0.4) is 0 Å². The monoisotopic (exact) mass is 198 g/mol. The normalized spacial score (nSPS) is 28.9. The fraction of sp³-hybridized carbons (Fsp3) is 1.00. The third-order valence-corrected chi connectivity index (χ3v) is 3.55. The average Bonchev–Trinajstić information content (AvgIpc) is 2.30. The van der Waals surface area contributed by atoms with Crippen LogP contribution in [0.1, 0.15) is 32.6 Å². The zero-order valence-corrected chi connectivity index (χ0v) is 9.17. The Labute approximate surface area is 86.8 Å². The van der Waals surface area contributed by atoms with Crippen LogP contribution >= 0.6 is 0 Å². The highest BCUT2D eigenvalue weighted by Gasteiger charge is 2.26. The molecule has 2 aliphatic rings. The summed E-state index contributed by atoms with van der Waals surface area (Å²) in [5, 5.41) is 5.63. The van der Waals surface area contributed by atoms with Crippen molar-refractivity contribution in [2.75, 3.05) is 26.2 Å². The molecule has 0 radical (unpaired) electrons. The van der Waals surface area contributed by atoms with Crippen molar-refractivity contribution in [3.05, 3.63) is 0 Å². The lowest BCUT2D eigenvalue weighted by Crippen LogP contribution is -2.44. The second kappa shape index (κ2) is 5.10. The Bertz CT molecular complexity index is 145. The van der Waals surface area contributed by atoms with Gasteiger partial charge in [-0.3, -0.25) is 4.84 Å². The van der Waals surface area contributed by atoms with Crippen molar-refractivity contribution in [2.24, 2.45) is 5.92 Å². The first-order chi connectivity index (χ1) is 6.88. The summed E-state index contributed by atoms with van der Waals surface area (Å²) in [4.78, 5) is 5.71. The van der Waals surface area contributed by atoms with E-state index in [-0.39, 0.29) is 0 Å². The third kappa shape index (κ3) is 2.47. The van der Waals surface area contributed by atoms with E-state index in [1.54, 1.807) is 0 Å². The van der Waals surface area contributed by atoms with Gasteiger partial charge in [0.1, 0.15) is 0 Å². The smallest absolute Gasteiger partial charge is 0.0685 e. The van der Waals surface area contributed by atoms with Gasteiger partial charge in [-0.15, -0.1) is 0 Å². The van der Waals surface area contributed by atoms with Gasteiger partial charge in [-0.2, -0.15) is 5.06 Å². The zero-order valence-electron chi connectivity index (χ0n) is 9.17. The Morgan fingerprint density at radius 3 is 2.71 bits per heavy atom. The van der Waals surface area contributed by atoms with Crippen LogP contribution in [0.5, 0.6) is 0 Å². The Balaban J connectivity index is 1.82. The molecule has 0 bridgehead atoms. The molecule has 1 N–H and O–H groups in total. The van der Waals surface area contributed by atoms with Crippen LogP contribution in [-0.4, -0.2) is 37.3 Å². The van der Waals surface area contributed by atoms with Gasteiger partial charge >= 0.3 is 0 Å². The molecule has 0 amide bonds. The number of rotatable bonds is 2. The molecule has 0 saturated carbocycles. The largest absolute Gasteiger partial charge is 0.317 e. The first-order valence-corrected chi connectivity index (χ1v) is 5.98. The summed E-state index contributed by atoms with van der Waals surface area (Å²) < 4.78 is 0. The van der Waals surface area contributed by atoms with E-state index in [9.17, 15) is 0 Å². The van der Waals surface area contributed by atoms with Gasteiger partial charge in [-0.1, -0.05) is 0 Å². The Hall–Kier alpha value is -0.120. The van der Waals surface area contributed by atoms with Crippen LogP contribution in [-0.2, 0) is 4.84 Å². The summed E-state index contributed by atoms with van der Waals surface area (Å²) >= 11 is 0. The summed E-state index contributed by atoms with van der Waals surface area (Å²) in [6.07, 6.45) is 5.15. The predicted octanol–water partition coefficient (Wildman–Crippen LogP) is 1.40. The molecular weight excluding hydrogens is 176 g/mol. The lowest BCUT2D eigenvalue weighted by molar-refractivity contribution is -0.213. The minimum Gasteiger partial charge on any atom is -0.317 e. The number of piperidine rings is 1. The second-order valence-electron chi connectivity index (χ2n) is 4.51. The second-order valence-corrected chi connectivity index (χ2v) is 4.51. The molecule has 0 aromatic heterocycles. The van der Waals surface area contributed by atoms with Crippen LogP contribution in [0.2, 0.25) is 0 Å². The van der Waals surface area contributed by atoms with Crippen LogP contribution in [0, 0.1) is 5.92 Å². The SMILES string of the molecule is CC(C1CCNCC1)N1CCCCO1. The molecule has 82 valence electrons. The van der Waals surface area contributed by atoms with E-state index < -0.39 is 0 Å². The highest BCUT2D eigenvalue weighted by atomic mass is 16.7. The van der Waals surface area contributed by atoms with Gasteiger partial charge in [0.2, 0.25) is 0 Å². The summed E-state index contributed by atoms with van der Waals surface area (Å²) in [6.45, 7) is 6.74. The molecule has 2 aliphatic heterocycles. The minimum absolute atomic E-state index is 0.609. The van der Waals surface area contributed by atoms with Crippen molar-refractivity contribution in [2.45, 2.75) is 38.6 Å². The fourth-order valence-electron chi connectivity index (χ4n) is 2.50. The highest BCUT2D eigenvalue weighted by molar-refractivity contribution is 4.77. The van der Waals surface area contributed by atoms with E-state index >= 15 is 0 Å². The van der Waals surface area contributed by atoms with Gasteiger partial charge in [0.15, 0.2) is 0 Å². The van der Waals surface area contributed by atoms with E-state index in [4.69, 9.17) is 4.84 Å². The molecular formula is C11H22N2O. The van der Waals surface area contributed by atoms with E-state index in [0.29, 0.717) is 6.04 Å². The molecule has 1 atom stereocenters. The molecule has 2 saturated heterocycles. The molecule has 2 rings (SSSR count). The maximum absolute atomic E-state index is 5.71. The highest BCUT2D eigenvalue weighted by Crippen LogP contribution is 2.22. The summed E-state index contributed by atoms with van der Waals surface area (Å²) in [5.74, 6) is 0.828. The molecule has 0 aromatic rings. The summed E-state index contributed by atoms with van der Waals surface area (Å²) in [6, 6.07) is 0.609. The van der Waals surface area contributed by atoms with Crippen LogP contribution in [0.4, 0.5) is 0 Å². The molecule has 3 heteroatoms. The van der Waals surface area contributed by atoms with Crippen molar-refractivity contribution in [1.29, 1.82) is 0 Å². The van der Waals surface area contributed by atoms with Gasteiger partial charge < -0.3 is 5.32 Å². The van der Waals surface area contributed by atoms with Crippen molar-refractivity contribution < 1.29 is 4.84 Å². The lowest BCUT2D eigenvalue weighted by atomic mass is 9.91. The number of nitrogens with one attached hydrogen (secondary N) is 1. The molecule has 14 heavy (non-hydrogen) atoms. The van der Waals surface area contributed by atoms with Gasteiger partial charge in [0.25, 0.3) is 0 Å². The fourth-order valence-corrected chi connectivity index (χ4v) is 2.50. The number of hydroxylamine groups is 2. The standard InChI is InChI=1S/C11H22N2O/c1-10(11-4-6-12-7-5-11)13-8-2-3-9-14-13/h10-12H,2-9H2,1H3. The predicted molar refractivity (Wildman–Crippen MR) is 56.9 cm³/mol. The number of hydrogen-bond donors (Lipinski definition) is 1. The van der Waals surface area contributed by atoms with E-state index in [1.165, 1.54) is 38.8 Å². The molecule has 2 fully saturated rings. The molecule has 3 nitrogen and oxygen atoms in total. The lowest BCUT2D eigenvalue weighted by Gasteiger charge is -2.37. The third-order valence-electron chi connectivity index (χ3n) is 3.55. The molecule has 2 heterocycles. The summed E-state index contributed by atoms with van der Waals surface area (Å²) in [5.41, 5.74) is 0. The van der Waals surface area contributed by atoms with Crippen molar-refractivity contribution in [3.63, 3.8) is 0 Å². The van der Waals surface area contributed by atoms with Gasteiger partial charge in [0.05, 0.1) is 6.61 Å². The van der Waals surface area contributed by atoms with Crippen molar-refractivity contribution in [3.8, 4) is 0 Å². The van der Waals surface area contributed by atoms with E-state index in [2.05, 4.69) is 17.3 Å². The maximum atomic E-state index is 5.71. The molecule has 0 aromatic carbocycles. The summed E-state index contributed by atoms with van der Waals surface area (Å²) in [7, 11) is 0. The van der Waals surface area contributed by atoms with Crippen LogP contribution < -0.4 is 5.32 Å². The van der Waals surface area contributed by atoms with Crippen molar-refractivity contribution in [1.82, 2.24) is 10.4 Å². The molecule has 0 spiro atoms. The van der Waals surface area contributed by atoms with Crippen LogP contribution in [0.15, 0.2) is 0 Å². The number of hydrogen-bond acceptors (Lipinski definition) is 3. The van der Waals surface area contributed by atoms with Gasteiger partial charge in [-0.25, -0.2) is 0 Å². The van der Waals surface area contributed by atoms with Gasteiger partial charge in [-0.05, 0) is 51.6 Å². The number of nitrogens with zero attached hydrogens (tertiary/aromatic N) is 1. The molecule has 1 unspecified atom stereocenters. The van der Waals surface area contributed by atoms with E-state index in [0.717, 1.165) is 19.1 Å². The topological polar surface area (TPSA) is 24.5 Å². The quantitative estimate of drug-likeness (QED) is 0.726. The Morgan fingerprint density at radius 1 is 1.29 bits per heavy atom. The average molecular weight is 198 g/mol. The van der Waals surface area contributed by atoms with Gasteiger partial charge in [0, 0.05) is 12.6 Å². The Kier molecular flexibility index (Phi) is 3.79. The van der Waals surface area contributed by atoms with E-state index in [1.807, 2.05) is 0 Å². The minimum atomic E-state index is 0.609. The van der Waals surface area contributed by atoms with Crippen molar-refractivity contribution >= 4 is 0 Å². The zero-order chi connectivity index (χ0) is 9.80. The first kappa shape index (κ1) is 10.4. The maximum Gasteiger partial charge on any atom is 0.0685 e.